The zero-order chi connectivity index (χ0) is 10.4. The molecule has 82 valence electrons. The second kappa shape index (κ2) is 5.35. The van der Waals surface area contributed by atoms with Gasteiger partial charge in [-0.2, -0.15) is 0 Å². The Kier molecular flexibility index (Phi) is 4.39. The molecule has 1 heterocycles. The first-order valence-electron chi connectivity index (χ1n) is 5.65. The van der Waals surface area contributed by atoms with Crippen LogP contribution in [0.15, 0.2) is 0 Å². The van der Waals surface area contributed by atoms with E-state index in [1.165, 1.54) is 32.4 Å². The van der Waals surface area contributed by atoms with Crippen molar-refractivity contribution >= 4 is 5.97 Å². The van der Waals surface area contributed by atoms with Gasteiger partial charge in [-0.25, -0.2) is 0 Å². The van der Waals surface area contributed by atoms with Gasteiger partial charge < -0.3 is 9.22 Å². The van der Waals surface area contributed by atoms with Crippen LogP contribution in [0.3, 0.4) is 0 Å². The van der Waals surface area contributed by atoms with Gasteiger partial charge in [0.15, 0.2) is 0 Å². The molecule has 1 saturated heterocycles. The molecule has 0 saturated carbocycles. The van der Waals surface area contributed by atoms with Crippen LogP contribution in [0.4, 0.5) is 0 Å². The molecule has 0 aromatic rings. The molecule has 0 N–H and O–H groups in total. The zero-order valence-electron chi connectivity index (χ0n) is 9.42. The standard InChI is InChI=1S/C11H22NO2/c1-3-14-11(13)7-10-12(2)8-5-4-6-9-12/h3-10H2,1-2H3/q+1. The number of hydrogen-bond acceptors (Lipinski definition) is 2. The van der Waals surface area contributed by atoms with Gasteiger partial charge in [0, 0.05) is 0 Å². The summed E-state index contributed by atoms with van der Waals surface area (Å²) in [6, 6.07) is 0. The van der Waals surface area contributed by atoms with Crippen molar-refractivity contribution in [3.63, 3.8) is 0 Å². The predicted molar refractivity (Wildman–Crippen MR) is 55.9 cm³/mol. The third-order valence-electron chi connectivity index (χ3n) is 3.06. The highest BCUT2D eigenvalue weighted by molar-refractivity contribution is 5.69. The lowest BCUT2D eigenvalue weighted by Gasteiger charge is -2.37. The van der Waals surface area contributed by atoms with E-state index >= 15 is 0 Å². The molecule has 0 aromatic heterocycles. The predicted octanol–water partition coefficient (Wildman–Crippen LogP) is 1.57. The molecule has 0 atom stereocenters. The van der Waals surface area contributed by atoms with E-state index in [0.29, 0.717) is 13.0 Å². The number of likely N-dealkylation sites (tertiary alicyclic amines) is 1. The van der Waals surface area contributed by atoms with Crippen molar-refractivity contribution in [2.75, 3.05) is 33.3 Å². The summed E-state index contributed by atoms with van der Waals surface area (Å²) in [6.45, 7) is 5.75. The number of nitrogens with zero attached hydrogens (tertiary/aromatic N) is 1. The Bertz CT molecular complexity index is 186. The van der Waals surface area contributed by atoms with Crippen molar-refractivity contribution in [2.24, 2.45) is 0 Å². The Labute approximate surface area is 86.6 Å². The average Bonchev–Trinajstić information content (AvgIpc) is 2.17. The molecular weight excluding hydrogens is 178 g/mol. The van der Waals surface area contributed by atoms with E-state index in [2.05, 4.69) is 7.05 Å². The Hall–Kier alpha value is -0.570. The monoisotopic (exact) mass is 200 g/mol. The molecule has 1 aliphatic heterocycles. The van der Waals surface area contributed by atoms with E-state index in [-0.39, 0.29) is 5.97 Å². The fourth-order valence-corrected chi connectivity index (χ4v) is 2.09. The summed E-state index contributed by atoms with van der Waals surface area (Å²) in [6.07, 6.45) is 4.54. The van der Waals surface area contributed by atoms with Crippen LogP contribution < -0.4 is 0 Å². The maximum atomic E-state index is 11.2. The van der Waals surface area contributed by atoms with Crippen LogP contribution in [0.25, 0.3) is 0 Å². The van der Waals surface area contributed by atoms with E-state index in [1.54, 1.807) is 0 Å². The van der Waals surface area contributed by atoms with Gasteiger partial charge in [0.25, 0.3) is 0 Å². The van der Waals surface area contributed by atoms with E-state index < -0.39 is 0 Å². The van der Waals surface area contributed by atoms with Crippen LogP contribution >= 0.6 is 0 Å². The Morgan fingerprint density at radius 2 is 1.93 bits per heavy atom. The lowest BCUT2D eigenvalue weighted by Crippen LogP contribution is -2.49. The van der Waals surface area contributed by atoms with E-state index in [9.17, 15) is 4.79 Å². The zero-order valence-corrected chi connectivity index (χ0v) is 9.42. The molecule has 14 heavy (non-hydrogen) atoms. The average molecular weight is 200 g/mol. The van der Waals surface area contributed by atoms with Crippen LogP contribution in [-0.4, -0.2) is 43.7 Å². The SMILES string of the molecule is CCOC(=O)CC[N+]1(C)CCCCC1. The minimum absolute atomic E-state index is 0.0441. The molecule has 0 aromatic carbocycles. The fourth-order valence-electron chi connectivity index (χ4n) is 2.09. The van der Waals surface area contributed by atoms with Gasteiger partial charge in [0.1, 0.15) is 0 Å². The Morgan fingerprint density at radius 3 is 2.50 bits per heavy atom. The number of esters is 1. The molecular formula is C11H22NO2+. The lowest BCUT2D eigenvalue weighted by atomic mass is 10.1. The summed E-state index contributed by atoms with van der Waals surface area (Å²) in [5.74, 6) is -0.0441. The van der Waals surface area contributed by atoms with Crippen molar-refractivity contribution in [2.45, 2.75) is 32.6 Å². The summed E-state index contributed by atoms with van der Waals surface area (Å²) in [4.78, 5) is 11.2. The van der Waals surface area contributed by atoms with Gasteiger partial charge in [-0.3, -0.25) is 4.79 Å². The third kappa shape index (κ3) is 3.66. The quantitative estimate of drug-likeness (QED) is 0.508. The maximum absolute atomic E-state index is 11.2. The second-order valence-electron chi connectivity index (χ2n) is 4.41. The van der Waals surface area contributed by atoms with Gasteiger partial charge >= 0.3 is 5.97 Å². The van der Waals surface area contributed by atoms with Crippen molar-refractivity contribution < 1.29 is 14.0 Å². The first-order valence-corrected chi connectivity index (χ1v) is 5.65. The summed E-state index contributed by atoms with van der Waals surface area (Å²) < 4.78 is 5.98. The Balaban J connectivity index is 2.24. The number of ether oxygens (including phenoxy) is 1. The third-order valence-corrected chi connectivity index (χ3v) is 3.06. The molecule has 1 fully saturated rings. The number of quaternary nitrogens is 1. The topological polar surface area (TPSA) is 26.3 Å². The van der Waals surface area contributed by atoms with E-state index in [4.69, 9.17) is 4.74 Å². The first kappa shape index (κ1) is 11.5. The molecule has 0 spiro atoms. The van der Waals surface area contributed by atoms with Crippen molar-refractivity contribution in [1.29, 1.82) is 0 Å². The molecule has 1 rings (SSSR count). The molecule has 0 aliphatic carbocycles. The van der Waals surface area contributed by atoms with Gasteiger partial charge in [-0.1, -0.05) is 0 Å². The van der Waals surface area contributed by atoms with Crippen molar-refractivity contribution in [1.82, 2.24) is 0 Å². The van der Waals surface area contributed by atoms with Gasteiger partial charge in [-0.05, 0) is 26.2 Å². The number of carbonyl (C=O) groups is 1. The smallest absolute Gasteiger partial charge is 0.311 e. The summed E-state index contributed by atoms with van der Waals surface area (Å²) in [5, 5.41) is 0. The van der Waals surface area contributed by atoms with Gasteiger partial charge in [-0.15, -0.1) is 0 Å². The highest BCUT2D eigenvalue weighted by Crippen LogP contribution is 2.16. The normalized spacial score (nSPS) is 20.4. The largest absolute Gasteiger partial charge is 0.466 e. The summed E-state index contributed by atoms with van der Waals surface area (Å²) >= 11 is 0. The first-order chi connectivity index (χ1) is 6.66. The van der Waals surface area contributed by atoms with Gasteiger partial charge in [0.2, 0.25) is 0 Å². The van der Waals surface area contributed by atoms with Crippen LogP contribution in [0.1, 0.15) is 32.6 Å². The number of carbonyl (C=O) groups excluding carboxylic acids is 1. The molecule has 1 aliphatic rings. The van der Waals surface area contributed by atoms with Crippen LogP contribution in [0.5, 0.6) is 0 Å². The summed E-state index contributed by atoms with van der Waals surface area (Å²) in [7, 11) is 2.25. The molecule has 0 bridgehead atoms. The minimum Gasteiger partial charge on any atom is -0.466 e. The van der Waals surface area contributed by atoms with Crippen LogP contribution in [0, 0.1) is 0 Å². The van der Waals surface area contributed by atoms with Crippen LogP contribution in [-0.2, 0) is 9.53 Å². The molecule has 3 nitrogen and oxygen atoms in total. The number of rotatable bonds is 4. The molecule has 3 heteroatoms. The second-order valence-corrected chi connectivity index (χ2v) is 4.41. The number of hydrogen-bond donors (Lipinski definition) is 0. The molecule has 0 amide bonds. The highest BCUT2D eigenvalue weighted by Gasteiger charge is 2.25. The Morgan fingerprint density at radius 1 is 1.29 bits per heavy atom. The van der Waals surface area contributed by atoms with E-state index in [1.807, 2.05) is 6.92 Å². The maximum Gasteiger partial charge on any atom is 0.311 e. The van der Waals surface area contributed by atoms with E-state index in [0.717, 1.165) is 11.0 Å². The van der Waals surface area contributed by atoms with Gasteiger partial charge in [0.05, 0.1) is 39.7 Å². The molecule has 0 radical (unpaired) electrons. The van der Waals surface area contributed by atoms with Crippen molar-refractivity contribution in [3.8, 4) is 0 Å². The minimum atomic E-state index is -0.0441. The summed E-state index contributed by atoms with van der Waals surface area (Å²) in [5.41, 5.74) is 0. The fraction of sp³-hybridized carbons (Fsp3) is 0.909. The molecule has 0 unspecified atom stereocenters. The van der Waals surface area contributed by atoms with Crippen LogP contribution in [0.2, 0.25) is 0 Å². The highest BCUT2D eigenvalue weighted by atomic mass is 16.5. The lowest BCUT2D eigenvalue weighted by molar-refractivity contribution is -0.913. The number of piperidine rings is 1. The van der Waals surface area contributed by atoms with Crippen molar-refractivity contribution in [3.05, 3.63) is 0 Å².